The van der Waals surface area contributed by atoms with E-state index in [0.29, 0.717) is 17.2 Å². The second kappa shape index (κ2) is 9.33. The number of fused-ring (bicyclic) bond motifs is 1. The van der Waals surface area contributed by atoms with Crippen LogP contribution < -0.4 is 19.5 Å². The summed E-state index contributed by atoms with van der Waals surface area (Å²) < 4.78 is 17.3. The lowest BCUT2D eigenvalue weighted by molar-refractivity contribution is -0.385. The Morgan fingerprint density at radius 3 is 2.37 bits per heavy atom. The van der Waals surface area contributed by atoms with E-state index in [2.05, 4.69) is 44.3 Å². The Kier molecular flexibility index (Phi) is 6.43. The summed E-state index contributed by atoms with van der Waals surface area (Å²) in [6.07, 6.45) is 2.20. The van der Waals surface area contributed by atoms with Crippen molar-refractivity contribution in [2.24, 2.45) is 0 Å². The van der Waals surface area contributed by atoms with Crippen LogP contribution in [0.2, 0.25) is 0 Å². The summed E-state index contributed by atoms with van der Waals surface area (Å²) in [6.45, 7) is 8.45. The molecule has 0 aromatic heterocycles. The summed E-state index contributed by atoms with van der Waals surface area (Å²) in [5.41, 5.74) is 6.67. The summed E-state index contributed by atoms with van der Waals surface area (Å²) in [6, 6.07) is 14.5. The summed E-state index contributed by atoms with van der Waals surface area (Å²) >= 11 is 0. The Morgan fingerprint density at radius 1 is 0.943 bits per heavy atom. The van der Waals surface area contributed by atoms with Crippen molar-refractivity contribution < 1.29 is 19.1 Å². The van der Waals surface area contributed by atoms with Crippen molar-refractivity contribution in [3.63, 3.8) is 0 Å². The molecule has 0 saturated carbocycles. The fraction of sp³-hybridized carbons (Fsp3) is 0.286. The summed E-state index contributed by atoms with van der Waals surface area (Å²) in [5.74, 6) is 1.87. The first-order chi connectivity index (χ1) is 16.6. The number of nitro benzene ring substituents is 1. The van der Waals surface area contributed by atoms with Crippen LogP contribution in [0.15, 0.2) is 54.6 Å². The molecule has 0 unspecified atom stereocenters. The number of nitrogens with one attached hydrogen (secondary N) is 1. The van der Waals surface area contributed by atoms with Gasteiger partial charge in [0.2, 0.25) is 0 Å². The lowest BCUT2D eigenvalue weighted by atomic mass is 9.85. The summed E-state index contributed by atoms with van der Waals surface area (Å²) in [4.78, 5) is 10.9. The molecule has 35 heavy (non-hydrogen) atoms. The van der Waals surface area contributed by atoms with Crippen LogP contribution in [0.4, 0.5) is 11.4 Å². The van der Waals surface area contributed by atoms with Crippen molar-refractivity contribution in [2.75, 3.05) is 19.5 Å². The molecule has 4 rings (SSSR count). The van der Waals surface area contributed by atoms with Gasteiger partial charge in [0.15, 0.2) is 0 Å². The largest absolute Gasteiger partial charge is 0.497 e. The summed E-state index contributed by atoms with van der Waals surface area (Å²) in [5, 5.41) is 14.9. The number of hydrogen-bond acceptors (Lipinski definition) is 6. The highest BCUT2D eigenvalue weighted by molar-refractivity contribution is 5.88. The van der Waals surface area contributed by atoms with Gasteiger partial charge in [-0.25, -0.2) is 0 Å². The third-order valence-corrected chi connectivity index (χ3v) is 6.19. The maximum absolute atomic E-state index is 11.3. The van der Waals surface area contributed by atoms with Gasteiger partial charge in [-0.2, -0.15) is 0 Å². The number of anilines is 1. The van der Waals surface area contributed by atoms with E-state index in [1.54, 1.807) is 20.3 Å². The highest BCUT2D eigenvalue weighted by Gasteiger charge is 2.27. The van der Waals surface area contributed by atoms with Crippen molar-refractivity contribution >= 4 is 16.9 Å². The SMILES string of the molecule is COc1ccc(-c2ccc3c(c2COc2cc([N+](=O)[O-])ccc2C)C(C)=CC(C)(C)N3)c(OC)c1. The van der Waals surface area contributed by atoms with Gasteiger partial charge in [-0.1, -0.05) is 12.1 Å². The average Bonchev–Trinajstić information content (AvgIpc) is 2.81. The van der Waals surface area contributed by atoms with Gasteiger partial charge in [0.25, 0.3) is 5.69 Å². The van der Waals surface area contributed by atoms with Crippen LogP contribution in [-0.2, 0) is 6.61 Å². The molecule has 1 heterocycles. The molecule has 3 aromatic rings. The number of aryl methyl sites for hydroxylation is 1. The molecular weight excluding hydrogens is 444 g/mol. The summed E-state index contributed by atoms with van der Waals surface area (Å²) in [7, 11) is 3.25. The molecule has 1 N–H and O–H groups in total. The highest BCUT2D eigenvalue weighted by Crippen LogP contribution is 2.43. The number of hydrogen-bond donors (Lipinski definition) is 1. The molecule has 7 nitrogen and oxygen atoms in total. The van der Waals surface area contributed by atoms with Crippen molar-refractivity contribution in [2.45, 2.75) is 39.8 Å². The predicted octanol–water partition coefficient (Wildman–Crippen LogP) is 6.77. The first-order valence-electron chi connectivity index (χ1n) is 11.4. The van der Waals surface area contributed by atoms with Crippen LogP contribution in [0.25, 0.3) is 16.7 Å². The number of non-ortho nitro benzene ring substituents is 1. The average molecular weight is 475 g/mol. The molecular formula is C28H30N2O5. The Hall–Kier alpha value is -4.00. The van der Waals surface area contributed by atoms with Crippen LogP contribution in [0.3, 0.4) is 0 Å². The molecule has 0 radical (unpaired) electrons. The minimum Gasteiger partial charge on any atom is -0.497 e. The molecule has 1 aliphatic heterocycles. The fourth-order valence-corrected chi connectivity index (χ4v) is 4.63. The van der Waals surface area contributed by atoms with Crippen molar-refractivity contribution in [1.82, 2.24) is 0 Å². The third kappa shape index (κ3) is 4.80. The fourth-order valence-electron chi connectivity index (χ4n) is 4.63. The van der Waals surface area contributed by atoms with Crippen LogP contribution >= 0.6 is 0 Å². The number of allylic oxidation sites excluding steroid dienone is 1. The zero-order chi connectivity index (χ0) is 25.3. The number of ether oxygens (including phenoxy) is 3. The van der Waals surface area contributed by atoms with Crippen molar-refractivity contribution in [1.29, 1.82) is 0 Å². The number of rotatable bonds is 7. The Balaban J connectivity index is 1.86. The Morgan fingerprint density at radius 2 is 1.69 bits per heavy atom. The monoisotopic (exact) mass is 474 g/mol. The molecule has 0 aliphatic carbocycles. The van der Waals surface area contributed by atoms with Gasteiger partial charge >= 0.3 is 0 Å². The molecule has 7 heteroatoms. The molecule has 0 fully saturated rings. The lowest BCUT2D eigenvalue weighted by Crippen LogP contribution is -2.32. The maximum Gasteiger partial charge on any atom is 0.273 e. The van der Waals surface area contributed by atoms with E-state index < -0.39 is 4.92 Å². The maximum atomic E-state index is 11.3. The first kappa shape index (κ1) is 24.1. The number of benzene rings is 3. The molecule has 0 spiro atoms. The van der Waals surface area contributed by atoms with Crippen molar-refractivity contribution in [3.05, 3.63) is 81.4 Å². The van der Waals surface area contributed by atoms with Gasteiger partial charge in [0.05, 0.1) is 30.7 Å². The van der Waals surface area contributed by atoms with E-state index >= 15 is 0 Å². The smallest absolute Gasteiger partial charge is 0.273 e. The zero-order valence-electron chi connectivity index (χ0n) is 20.9. The minimum absolute atomic E-state index is 0.00256. The lowest BCUT2D eigenvalue weighted by Gasteiger charge is -2.33. The van der Waals surface area contributed by atoms with E-state index in [-0.39, 0.29) is 17.8 Å². The molecule has 0 amide bonds. The second-order valence-electron chi connectivity index (χ2n) is 9.25. The number of nitro groups is 1. The highest BCUT2D eigenvalue weighted by atomic mass is 16.6. The normalized spacial score (nSPS) is 13.8. The zero-order valence-corrected chi connectivity index (χ0v) is 20.9. The van der Waals surface area contributed by atoms with E-state index in [9.17, 15) is 10.1 Å². The van der Waals surface area contributed by atoms with Crippen molar-refractivity contribution in [3.8, 4) is 28.4 Å². The van der Waals surface area contributed by atoms with Gasteiger partial charge in [-0.3, -0.25) is 10.1 Å². The molecule has 0 bridgehead atoms. The molecule has 182 valence electrons. The molecule has 0 atom stereocenters. The topological polar surface area (TPSA) is 82.9 Å². The third-order valence-electron chi connectivity index (χ3n) is 6.19. The second-order valence-corrected chi connectivity index (χ2v) is 9.25. The van der Waals surface area contributed by atoms with Gasteiger partial charge in [0.1, 0.15) is 23.9 Å². The van der Waals surface area contributed by atoms with Crippen LogP contribution in [0, 0.1) is 17.0 Å². The van der Waals surface area contributed by atoms with Gasteiger partial charge in [-0.05, 0) is 68.7 Å². The van der Waals surface area contributed by atoms with Crippen LogP contribution in [-0.4, -0.2) is 24.7 Å². The predicted molar refractivity (Wildman–Crippen MR) is 139 cm³/mol. The van der Waals surface area contributed by atoms with Gasteiger partial charge < -0.3 is 19.5 Å². The van der Waals surface area contributed by atoms with E-state index in [0.717, 1.165) is 39.1 Å². The number of methoxy groups -OCH3 is 2. The van der Waals surface area contributed by atoms with E-state index in [1.807, 2.05) is 25.1 Å². The Bertz CT molecular complexity index is 1330. The van der Waals surface area contributed by atoms with E-state index in [4.69, 9.17) is 14.2 Å². The number of nitrogens with zero attached hydrogens (tertiary/aromatic N) is 1. The minimum atomic E-state index is -0.413. The van der Waals surface area contributed by atoms with Crippen LogP contribution in [0.5, 0.6) is 17.2 Å². The van der Waals surface area contributed by atoms with Gasteiger partial charge in [0, 0.05) is 34.5 Å². The molecule has 1 aliphatic rings. The molecule has 0 saturated heterocycles. The van der Waals surface area contributed by atoms with Crippen LogP contribution in [0.1, 0.15) is 37.5 Å². The van der Waals surface area contributed by atoms with Gasteiger partial charge in [-0.15, -0.1) is 0 Å². The quantitative estimate of drug-likeness (QED) is 0.300. The Labute approximate surface area is 205 Å². The standard InChI is InChI=1S/C28H30N2O5/c1-17-7-8-19(30(31)32)13-25(17)35-16-23-21(22-10-9-20(33-5)14-26(22)34-6)11-12-24-27(23)18(2)15-28(3,4)29-24/h7-15,29H,16H2,1-6H3. The first-order valence-corrected chi connectivity index (χ1v) is 11.4. The molecule has 3 aromatic carbocycles. The van der Waals surface area contributed by atoms with E-state index in [1.165, 1.54) is 12.1 Å².